The van der Waals surface area contributed by atoms with Crippen molar-refractivity contribution in [3.63, 3.8) is 0 Å². The molecule has 0 spiro atoms. The van der Waals surface area contributed by atoms with Crippen LogP contribution in [0.1, 0.15) is 12.8 Å². The van der Waals surface area contributed by atoms with Crippen molar-refractivity contribution in [2.75, 3.05) is 18.0 Å². The van der Waals surface area contributed by atoms with Gasteiger partial charge in [-0.1, -0.05) is 12.1 Å². The lowest BCUT2D eigenvalue weighted by atomic mass is 10.2. The zero-order chi connectivity index (χ0) is 11.2. The molecular weight excluding hydrogens is 230 g/mol. The lowest BCUT2D eigenvalue weighted by molar-refractivity contribution is 0.602. The third-order valence-electron chi connectivity index (χ3n) is 3.51. The second-order valence-corrected chi connectivity index (χ2v) is 5.52. The molecule has 17 heavy (non-hydrogen) atoms. The van der Waals surface area contributed by atoms with Crippen LogP contribution in [0.2, 0.25) is 0 Å². The van der Waals surface area contributed by atoms with Crippen molar-refractivity contribution in [2.24, 2.45) is 0 Å². The van der Waals surface area contributed by atoms with E-state index >= 15 is 0 Å². The summed E-state index contributed by atoms with van der Waals surface area (Å²) in [6.07, 6.45) is 2.57. The molecule has 0 saturated carbocycles. The molecule has 0 unspecified atom stereocenters. The van der Waals surface area contributed by atoms with E-state index in [2.05, 4.69) is 34.5 Å². The zero-order valence-electron chi connectivity index (χ0n) is 9.48. The van der Waals surface area contributed by atoms with Crippen LogP contribution in [0.4, 0.5) is 5.88 Å². The minimum absolute atomic E-state index is 1.04. The van der Waals surface area contributed by atoms with Gasteiger partial charge in [0.2, 0.25) is 0 Å². The Morgan fingerprint density at radius 3 is 2.76 bits per heavy atom. The molecule has 3 aromatic rings. The molecule has 1 aliphatic heterocycles. The summed E-state index contributed by atoms with van der Waals surface area (Å²) in [6.45, 7) is 2.26. The van der Waals surface area contributed by atoms with Gasteiger partial charge in [-0.3, -0.25) is 0 Å². The topological polar surface area (TPSA) is 16.4 Å². The third-order valence-corrected chi connectivity index (χ3v) is 4.44. The number of nitrogens with zero attached hydrogens (tertiary/aromatic N) is 1. The van der Waals surface area contributed by atoms with Gasteiger partial charge in [0, 0.05) is 24.5 Å². The van der Waals surface area contributed by atoms with Crippen LogP contribution < -0.4 is 4.90 Å². The number of hydrogen-bond acceptors (Lipinski definition) is 3. The van der Waals surface area contributed by atoms with Crippen molar-refractivity contribution >= 4 is 38.3 Å². The Labute approximate surface area is 103 Å². The molecule has 0 radical (unpaired) electrons. The van der Waals surface area contributed by atoms with E-state index in [0.717, 1.165) is 24.6 Å². The normalized spacial score (nSPS) is 16.4. The van der Waals surface area contributed by atoms with Gasteiger partial charge in [0.05, 0.1) is 4.70 Å². The number of benzene rings is 1. The highest BCUT2D eigenvalue weighted by molar-refractivity contribution is 7.18. The predicted molar refractivity (Wildman–Crippen MR) is 73.0 cm³/mol. The SMILES string of the molecule is c1cc2ccc3cc(N4CCCC4)oc3c2s1. The van der Waals surface area contributed by atoms with E-state index in [1.54, 1.807) is 11.3 Å². The minimum atomic E-state index is 1.04. The fraction of sp³-hybridized carbons (Fsp3) is 0.286. The zero-order valence-corrected chi connectivity index (χ0v) is 10.3. The Morgan fingerprint density at radius 1 is 1.06 bits per heavy atom. The fourth-order valence-corrected chi connectivity index (χ4v) is 3.49. The molecule has 2 nitrogen and oxygen atoms in total. The lowest BCUT2D eigenvalue weighted by Gasteiger charge is -2.12. The van der Waals surface area contributed by atoms with Crippen molar-refractivity contribution in [3.8, 4) is 0 Å². The van der Waals surface area contributed by atoms with E-state index < -0.39 is 0 Å². The molecule has 1 saturated heterocycles. The largest absolute Gasteiger partial charge is 0.439 e. The summed E-state index contributed by atoms with van der Waals surface area (Å²) >= 11 is 1.76. The summed E-state index contributed by atoms with van der Waals surface area (Å²) in [5, 5.41) is 4.63. The molecule has 0 amide bonds. The van der Waals surface area contributed by atoms with E-state index in [4.69, 9.17) is 4.42 Å². The molecular formula is C14H13NOS. The van der Waals surface area contributed by atoms with Crippen LogP contribution in [0.25, 0.3) is 21.1 Å². The minimum Gasteiger partial charge on any atom is -0.439 e. The predicted octanol–water partition coefficient (Wildman–Crippen LogP) is 4.25. The van der Waals surface area contributed by atoms with E-state index in [1.807, 2.05) is 0 Å². The van der Waals surface area contributed by atoms with E-state index in [1.165, 1.54) is 28.3 Å². The molecule has 3 heterocycles. The van der Waals surface area contributed by atoms with Gasteiger partial charge in [0.25, 0.3) is 0 Å². The van der Waals surface area contributed by atoms with Gasteiger partial charge in [-0.25, -0.2) is 0 Å². The van der Waals surface area contributed by atoms with Crippen LogP contribution in [-0.4, -0.2) is 13.1 Å². The first-order valence-electron chi connectivity index (χ1n) is 6.06. The maximum Gasteiger partial charge on any atom is 0.196 e. The number of fused-ring (bicyclic) bond motifs is 3. The molecule has 1 aliphatic rings. The Kier molecular flexibility index (Phi) is 1.97. The molecule has 86 valence electrons. The highest BCUT2D eigenvalue weighted by atomic mass is 32.1. The monoisotopic (exact) mass is 243 g/mol. The molecule has 0 bridgehead atoms. The fourth-order valence-electron chi connectivity index (χ4n) is 2.60. The Morgan fingerprint density at radius 2 is 1.88 bits per heavy atom. The van der Waals surface area contributed by atoms with Crippen LogP contribution >= 0.6 is 11.3 Å². The summed E-state index contributed by atoms with van der Waals surface area (Å²) in [5.41, 5.74) is 1.06. The Bertz CT molecular complexity index is 676. The molecule has 2 aromatic heterocycles. The van der Waals surface area contributed by atoms with Crippen LogP contribution in [0.5, 0.6) is 0 Å². The van der Waals surface area contributed by atoms with Crippen molar-refractivity contribution in [2.45, 2.75) is 12.8 Å². The highest BCUT2D eigenvalue weighted by Gasteiger charge is 2.17. The smallest absolute Gasteiger partial charge is 0.196 e. The lowest BCUT2D eigenvalue weighted by Crippen LogP contribution is -2.16. The number of rotatable bonds is 1. The molecule has 0 N–H and O–H groups in total. The summed E-state index contributed by atoms with van der Waals surface area (Å²) in [4.78, 5) is 2.35. The first kappa shape index (κ1) is 9.54. The standard InChI is InChI=1S/C14H13NOS/c1-2-7-15(6-1)12-9-11-4-3-10-5-8-17-14(10)13(11)16-12/h3-5,8-9H,1-2,6-7H2. The molecule has 0 atom stereocenters. The average molecular weight is 243 g/mol. The Balaban J connectivity index is 1.95. The van der Waals surface area contributed by atoms with Gasteiger partial charge in [-0.2, -0.15) is 0 Å². The Hall–Kier alpha value is -1.48. The van der Waals surface area contributed by atoms with Gasteiger partial charge < -0.3 is 9.32 Å². The number of furan rings is 1. The molecule has 4 rings (SSSR count). The maximum absolute atomic E-state index is 6.06. The summed E-state index contributed by atoms with van der Waals surface area (Å²) in [5.74, 6) is 1.04. The van der Waals surface area contributed by atoms with Crippen molar-refractivity contribution < 1.29 is 4.42 Å². The second-order valence-electron chi connectivity index (χ2n) is 4.60. The van der Waals surface area contributed by atoms with Crippen LogP contribution in [-0.2, 0) is 0 Å². The first-order valence-corrected chi connectivity index (χ1v) is 6.94. The average Bonchev–Trinajstić information content (AvgIpc) is 3.08. The molecule has 1 fully saturated rings. The quantitative estimate of drug-likeness (QED) is 0.635. The number of thiophene rings is 1. The van der Waals surface area contributed by atoms with E-state index in [0.29, 0.717) is 0 Å². The van der Waals surface area contributed by atoms with Crippen LogP contribution in [0.3, 0.4) is 0 Å². The summed E-state index contributed by atoms with van der Waals surface area (Å²) < 4.78 is 7.33. The van der Waals surface area contributed by atoms with Crippen molar-refractivity contribution in [1.29, 1.82) is 0 Å². The summed E-state index contributed by atoms with van der Waals surface area (Å²) in [7, 11) is 0. The molecule has 0 aliphatic carbocycles. The van der Waals surface area contributed by atoms with Gasteiger partial charge in [0.15, 0.2) is 11.5 Å². The van der Waals surface area contributed by atoms with Gasteiger partial charge in [0.1, 0.15) is 0 Å². The highest BCUT2D eigenvalue weighted by Crippen LogP contribution is 2.35. The maximum atomic E-state index is 6.06. The third kappa shape index (κ3) is 1.39. The van der Waals surface area contributed by atoms with Crippen LogP contribution in [0, 0.1) is 0 Å². The molecule has 1 aromatic carbocycles. The van der Waals surface area contributed by atoms with E-state index in [9.17, 15) is 0 Å². The van der Waals surface area contributed by atoms with Crippen molar-refractivity contribution in [3.05, 3.63) is 29.6 Å². The van der Waals surface area contributed by atoms with E-state index in [-0.39, 0.29) is 0 Å². The number of anilines is 1. The second kappa shape index (κ2) is 3.50. The van der Waals surface area contributed by atoms with Gasteiger partial charge in [-0.15, -0.1) is 11.3 Å². The van der Waals surface area contributed by atoms with Gasteiger partial charge >= 0.3 is 0 Å². The van der Waals surface area contributed by atoms with Crippen molar-refractivity contribution in [1.82, 2.24) is 0 Å². The summed E-state index contributed by atoms with van der Waals surface area (Å²) in [6, 6.07) is 8.67. The van der Waals surface area contributed by atoms with Gasteiger partial charge in [-0.05, 0) is 29.7 Å². The number of hydrogen-bond donors (Lipinski definition) is 0. The first-order chi connectivity index (χ1) is 8.42. The van der Waals surface area contributed by atoms with Crippen LogP contribution in [0.15, 0.2) is 34.1 Å². The molecule has 3 heteroatoms.